The number of ether oxygens (including phenoxy) is 7. The number of cyclic esters (lactones) is 2. The molecule has 0 spiro atoms. The number of thiazole rings is 5. The summed E-state index contributed by atoms with van der Waals surface area (Å²) in [4.78, 5) is 147. The van der Waals surface area contributed by atoms with Gasteiger partial charge >= 0.3 is 11.9 Å². The molecule has 5 aliphatic heterocycles. The molecule has 31 nitrogen and oxygen atoms in total. The molecule has 12 bridgehead atoms. The number of aliphatic hydroxyl groups is 1. The van der Waals surface area contributed by atoms with Crippen LogP contribution in [0.2, 0.25) is 0 Å². The lowest BCUT2D eigenvalue weighted by atomic mass is 9.86. The lowest BCUT2D eigenvalue weighted by molar-refractivity contribution is -0.269. The summed E-state index contributed by atoms with van der Waals surface area (Å²) in [7, 11) is 3.25. The number of carbonyl (C=O) groups excluding carboxylic acids is 8. The molecule has 510 valence electrons. The number of H-pyrrole nitrogens is 1. The van der Waals surface area contributed by atoms with E-state index in [1.807, 2.05) is 27.8 Å². The molecular formula is C62H60N14O17S5. The maximum atomic E-state index is 15.2. The number of hydrogen-bond acceptors (Lipinski definition) is 29. The van der Waals surface area contributed by atoms with Gasteiger partial charge in [0.05, 0.1) is 43.3 Å². The van der Waals surface area contributed by atoms with Gasteiger partial charge in [-0.2, -0.15) is 0 Å². The van der Waals surface area contributed by atoms with E-state index < -0.39 is 126 Å². The molecule has 36 heteroatoms. The van der Waals surface area contributed by atoms with Gasteiger partial charge in [-0.05, 0) is 59.4 Å². The number of aliphatic hydroxyl groups excluding tert-OH is 1. The third-order valence-corrected chi connectivity index (χ3v) is 21.5. The smallest absolute Gasteiger partial charge is 0.355 e. The second-order valence-corrected chi connectivity index (χ2v) is 27.9. The van der Waals surface area contributed by atoms with E-state index in [1.165, 1.54) is 48.5 Å². The van der Waals surface area contributed by atoms with Crippen LogP contribution in [0.5, 0.6) is 5.75 Å². The molecule has 7 aromatic heterocycles. The lowest BCUT2D eigenvalue weighted by Crippen LogP contribution is -2.58. The molecular weight excluding hydrogens is 1370 g/mol. The van der Waals surface area contributed by atoms with Crippen molar-refractivity contribution in [3.63, 3.8) is 0 Å². The van der Waals surface area contributed by atoms with Crippen LogP contribution in [0.15, 0.2) is 69.2 Å². The van der Waals surface area contributed by atoms with Crippen molar-refractivity contribution in [2.45, 2.75) is 121 Å². The van der Waals surface area contributed by atoms with Crippen LogP contribution in [0.3, 0.4) is 0 Å². The number of nitrogens with one attached hydrogen (secondary N) is 6. The number of esters is 2. The number of fused-ring (bicyclic) bond motifs is 16. The molecule has 13 rings (SSSR count). The lowest BCUT2D eigenvalue weighted by Gasteiger charge is -2.45. The molecule has 6 amide bonds. The average Bonchev–Trinajstić information content (AvgIpc) is 1.60. The van der Waals surface area contributed by atoms with Crippen LogP contribution in [0.1, 0.15) is 132 Å². The molecule has 0 radical (unpaired) electrons. The molecule has 1 aromatic carbocycles. The van der Waals surface area contributed by atoms with Gasteiger partial charge in [0, 0.05) is 55.4 Å². The first-order chi connectivity index (χ1) is 46.8. The summed E-state index contributed by atoms with van der Waals surface area (Å²) < 4.78 is 44.8. The molecule has 2 saturated heterocycles. The summed E-state index contributed by atoms with van der Waals surface area (Å²) in [6.45, 7) is 10.6. The van der Waals surface area contributed by atoms with Crippen molar-refractivity contribution in [1.82, 2.24) is 66.4 Å². The molecule has 10 N–H and O–H groups in total. The minimum atomic E-state index is -1.79. The quantitative estimate of drug-likeness (QED) is 0.0553. The Morgan fingerprint density at radius 2 is 1.53 bits per heavy atom. The highest BCUT2D eigenvalue weighted by molar-refractivity contribution is 7.14. The highest BCUT2D eigenvalue weighted by Gasteiger charge is 2.56. The molecule has 8 aromatic rings. The standard InChI is InChI=1S/C62H60N14O17S5/c1-22(49(63)79)64-50(80)33-19-97-58(70-33)44-37(78)12-28-42(72-44)32-17-95-56(67-32)31-16-90-60(85)43-29-15-88-46(47(61(86)89-14-27-10-9-11-30(65-43)39(27)29)92-38-13-62(6)48(25(4)91-38)76(7)26(5)93-62)45(59-71-34(20-98-59)51(81)66-31)75-53(83)36-21-96-57(69-36)41(24(3)87-8)74-54(84)40(23(2)77)73-52(82)35-18-94-55(28)68-35/h9-12,17-21,23,25-26,31,38,40,45-48,65,77-78H,1,13-16H2,2-8H3,(H2,63,79)(H,64,80)(H,66,81)(H,73,82)(H,74,84)(H,75,83)/b41-24+/t23-,25+,26?,31+,38+,40+,45+,46?,47+,48-,62+/m1/s1. The van der Waals surface area contributed by atoms with Gasteiger partial charge in [0.15, 0.2) is 12.4 Å². The summed E-state index contributed by atoms with van der Waals surface area (Å²) in [5.74, 6) is -7.67. The van der Waals surface area contributed by atoms with Crippen molar-refractivity contribution < 1.29 is 81.7 Å². The topological polar surface area (TPSA) is 424 Å². The second kappa shape index (κ2) is 26.8. The third-order valence-electron chi connectivity index (χ3n) is 17.1. The van der Waals surface area contributed by atoms with Gasteiger partial charge in [-0.3, -0.25) is 33.7 Å². The van der Waals surface area contributed by atoms with Gasteiger partial charge in [0.2, 0.25) is 5.91 Å². The number of benzene rings is 1. The van der Waals surface area contributed by atoms with Crippen LogP contribution in [-0.2, 0) is 60.8 Å². The Morgan fingerprint density at radius 3 is 2.29 bits per heavy atom. The number of rotatable bonds is 8. The molecule has 2 unspecified atom stereocenters. The van der Waals surface area contributed by atoms with Crippen molar-refractivity contribution in [3.8, 4) is 38.4 Å². The number of primary amides is 1. The van der Waals surface area contributed by atoms with Gasteiger partial charge in [-0.1, -0.05) is 18.7 Å². The number of amides is 6. The predicted octanol–water partition coefficient (Wildman–Crippen LogP) is 4.93. The molecule has 98 heavy (non-hydrogen) atoms. The fourth-order valence-electron chi connectivity index (χ4n) is 12.2. The Balaban J connectivity index is 0.975. The van der Waals surface area contributed by atoms with E-state index in [9.17, 15) is 39.0 Å². The number of nitrogens with zero attached hydrogens (tertiary/aromatic N) is 7. The van der Waals surface area contributed by atoms with Crippen molar-refractivity contribution >= 4 is 121 Å². The van der Waals surface area contributed by atoms with Crippen molar-refractivity contribution in [1.29, 1.82) is 0 Å². The van der Waals surface area contributed by atoms with E-state index in [0.29, 0.717) is 16.5 Å². The fourth-order valence-corrected chi connectivity index (χ4v) is 16.4. The normalized spacial score (nSPS) is 25.5. The van der Waals surface area contributed by atoms with E-state index in [-0.39, 0.29) is 118 Å². The van der Waals surface area contributed by atoms with Gasteiger partial charge in [-0.25, -0.2) is 39.5 Å². The number of carbonyl (C=O) groups is 8. The minimum Gasteiger partial charge on any atom is -0.506 e. The van der Waals surface area contributed by atoms with Gasteiger partial charge < -0.3 is 80.7 Å². The Morgan fingerprint density at radius 1 is 0.847 bits per heavy atom. The SMILES string of the molecule is C=C(NC(=O)c1csc(-c2nc3c(cc2O)-c2nc(cs2)C(=O)N[C@@H]([C@@H](C)O)C(=O)N/C(=C(\C)OC)c2nc(cs2)C(=O)N[C@@H]2c4nc(cs4)C(=O)N[C@@H](COC(=O)c4[nH]c5cccc6c5c4COC2[C@H](O[C@H]2C[C@]4(C)OC(C)N(C)[C@@H]4[C@H](C)O2)C(=O)OC6)c2nc-3cs2)n1)C(N)=O. The molecule has 12 heterocycles. The van der Waals surface area contributed by atoms with Crippen molar-refractivity contribution in [2.24, 2.45) is 5.73 Å². The highest BCUT2D eigenvalue weighted by atomic mass is 32.1. The van der Waals surface area contributed by atoms with E-state index in [0.717, 1.165) is 56.7 Å². The van der Waals surface area contributed by atoms with Crippen molar-refractivity contribution in [3.05, 3.63) is 124 Å². The summed E-state index contributed by atoms with van der Waals surface area (Å²) in [6.07, 6.45) is -6.87. The molecule has 11 atom stereocenters. The van der Waals surface area contributed by atoms with Gasteiger partial charge in [-0.15, -0.1) is 56.7 Å². The summed E-state index contributed by atoms with van der Waals surface area (Å²) >= 11 is 4.66. The molecule has 0 saturated carbocycles. The van der Waals surface area contributed by atoms with E-state index in [1.54, 1.807) is 23.6 Å². The Labute approximate surface area is 575 Å². The zero-order chi connectivity index (χ0) is 69.3. The molecule has 0 aliphatic carbocycles. The number of hydrogen-bond donors (Lipinski definition) is 9. The Bertz CT molecular complexity index is 4630. The van der Waals surface area contributed by atoms with Gasteiger partial charge in [0.1, 0.15) is 131 Å². The van der Waals surface area contributed by atoms with Crippen LogP contribution in [0.25, 0.3) is 49.3 Å². The van der Waals surface area contributed by atoms with E-state index >= 15 is 9.59 Å². The average molecular weight is 1430 g/mol. The fraction of sp³-hybridized carbons (Fsp3) is 0.355. The monoisotopic (exact) mass is 1430 g/mol. The zero-order valence-corrected chi connectivity index (χ0v) is 56.9. The third kappa shape index (κ3) is 12.8. The number of allylic oxidation sites excluding steroid dienone is 1. The number of aromatic nitrogens is 7. The zero-order valence-electron chi connectivity index (χ0n) is 52.8. The number of nitrogens with two attached hydrogens (primary N) is 1. The molecule has 2 fully saturated rings. The van der Waals surface area contributed by atoms with Crippen LogP contribution >= 0.6 is 56.7 Å². The van der Waals surface area contributed by atoms with E-state index in [2.05, 4.69) is 58.0 Å². The van der Waals surface area contributed by atoms with Crippen molar-refractivity contribution in [2.75, 3.05) is 20.8 Å². The number of methoxy groups -OCH3 is 1. The van der Waals surface area contributed by atoms with Gasteiger partial charge in [0.25, 0.3) is 29.5 Å². The first kappa shape index (κ1) is 67.2. The van der Waals surface area contributed by atoms with Crippen LogP contribution in [-0.4, -0.2) is 173 Å². The Kier molecular flexibility index (Phi) is 18.4. The van der Waals surface area contributed by atoms with Crippen LogP contribution < -0.4 is 32.3 Å². The predicted molar refractivity (Wildman–Crippen MR) is 352 cm³/mol. The minimum absolute atomic E-state index is 0.00368. The first-order valence-electron chi connectivity index (χ1n) is 30.1. The van der Waals surface area contributed by atoms with Crippen LogP contribution in [0, 0.1) is 0 Å². The number of aromatic amines is 1. The molecule has 5 aliphatic rings. The maximum Gasteiger partial charge on any atom is 0.355 e. The summed E-state index contributed by atoms with van der Waals surface area (Å²) in [5.41, 5.74) is 4.17. The number of pyridine rings is 1. The largest absolute Gasteiger partial charge is 0.506 e. The maximum absolute atomic E-state index is 15.2. The Hall–Kier alpha value is -9.34. The first-order valence-corrected chi connectivity index (χ1v) is 34.5. The number of likely N-dealkylation sites (N-methyl/N-ethyl adjacent to an activating group) is 1. The summed E-state index contributed by atoms with van der Waals surface area (Å²) in [5, 5.41) is 44.1. The second-order valence-electron chi connectivity index (χ2n) is 23.6. The van der Waals surface area contributed by atoms with Crippen LogP contribution in [0.4, 0.5) is 0 Å². The van der Waals surface area contributed by atoms with E-state index in [4.69, 9.17) is 53.8 Å². The highest BCUT2D eigenvalue weighted by Crippen LogP contribution is 2.45. The number of aromatic hydroxyl groups is 1. The summed E-state index contributed by atoms with van der Waals surface area (Å²) in [6, 6.07) is 1.69.